The van der Waals surface area contributed by atoms with Crippen LogP contribution in [0.5, 0.6) is 0 Å². The van der Waals surface area contributed by atoms with Crippen LogP contribution in [0.15, 0.2) is 39.4 Å². The van der Waals surface area contributed by atoms with Gasteiger partial charge in [-0.3, -0.25) is 4.57 Å². The Morgan fingerprint density at radius 3 is 2.71 bits per heavy atom. The number of pyridine rings is 1. The van der Waals surface area contributed by atoms with E-state index in [0.717, 1.165) is 37.2 Å². The maximum absolute atomic E-state index is 5.93. The normalized spacial score (nSPS) is 11.2. The van der Waals surface area contributed by atoms with E-state index < -0.39 is 0 Å². The molecule has 0 aliphatic rings. The highest BCUT2D eigenvalue weighted by Crippen LogP contribution is 2.26. The van der Waals surface area contributed by atoms with Crippen LogP contribution in [0.3, 0.4) is 0 Å². The SMILES string of the molecule is Cc1cc(Br)ccc1-n1c(CCCl)nc2cc(Br)cnc21. The lowest BCUT2D eigenvalue weighted by Crippen LogP contribution is -2.04. The molecule has 6 heteroatoms. The van der Waals surface area contributed by atoms with Gasteiger partial charge in [0, 0.05) is 27.4 Å². The molecule has 108 valence electrons. The largest absolute Gasteiger partial charge is 0.280 e. The number of imidazole rings is 1. The molecule has 0 unspecified atom stereocenters. The van der Waals surface area contributed by atoms with Crippen molar-refractivity contribution in [1.82, 2.24) is 14.5 Å². The lowest BCUT2D eigenvalue weighted by Gasteiger charge is -2.11. The maximum atomic E-state index is 5.93. The molecule has 0 N–H and O–H groups in total. The Morgan fingerprint density at radius 1 is 1.19 bits per heavy atom. The van der Waals surface area contributed by atoms with Gasteiger partial charge in [-0.25, -0.2) is 9.97 Å². The number of aromatic nitrogens is 3. The number of alkyl halides is 1. The third-order valence-electron chi connectivity index (χ3n) is 3.25. The summed E-state index contributed by atoms with van der Waals surface area (Å²) in [6.45, 7) is 2.08. The van der Waals surface area contributed by atoms with Crippen LogP contribution < -0.4 is 0 Å². The first-order valence-corrected chi connectivity index (χ1v) is 8.57. The van der Waals surface area contributed by atoms with E-state index in [1.165, 1.54) is 0 Å². The second kappa shape index (κ2) is 6.07. The topological polar surface area (TPSA) is 30.7 Å². The molecule has 0 spiro atoms. The molecule has 1 aromatic carbocycles. The molecule has 0 radical (unpaired) electrons. The number of rotatable bonds is 3. The average Bonchev–Trinajstić information content (AvgIpc) is 2.76. The molecule has 0 saturated heterocycles. The van der Waals surface area contributed by atoms with Gasteiger partial charge in [0.05, 0.1) is 5.69 Å². The lowest BCUT2D eigenvalue weighted by atomic mass is 10.2. The van der Waals surface area contributed by atoms with Crippen molar-refractivity contribution in [2.75, 3.05) is 5.88 Å². The number of benzene rings is 1. The molecule has 0 aliphatic carbocycles. The number of hydrogen-bond donors (Lipinski definition) is 0. The van der Waals surface area contributed by atoms with Gasteiger partial charge in [-0.1, -0.05) is 15.9 Å². The van der Waals surface area contributed by atoms with Gasteiger partial charge in [-0.2, -0.15) is 0 Å². The minimum Gasteiger partial charge on any atom is -0.280 e. The van der Waals surface area contributed by atoms with Crippen LogP contribution in [0.25, 0.3) is 16.9 Å². The highest BCUT2D eigenvalue weighted by Gasteiger charge is 2.15. The molecule has 0 saturated carbocycles. The van der Waals surface area contributed by atoms with Crippen LogP contribution in [0.1, 0.15) is 11.4 Å². The Kier molecular flexibility index (Phi) is 4.33. The Balaban J connectivity index is 2.30. The molecule has 0 fully saturated rings. The van der Waals surface area contributed by atoms with Crippen molar-refractivity contribution in [1.29, 1.82) is 0 Å². The molecule has 0 aliphatic heterocycles. The monoisotopic (exact) mass is 427 g/mol. The summed E-state index contributed by atoms with van der Waals surface area (Å²) in [4.78, 5) is 9.20. The van der Waals surface area contributed by atoms with E-state index in [1.54, 1.807) is 6.20 Å². The number of halogens is 3. The maximum Gasteiger partial charge on any atom is 0.164 e. The Hall–Kier alpha value is -0.910. The third kappa shape index (κ3) is 2.87. The predicted octanol–water partition coefficient (Wildman–Crippen LogP) is 5.04. The molecular formula is C15H12Br2ClN3. The van der Waals surface area contributed by atoms with Crippen LogP contribution in [-0.4, -0.2) is 20.4 Å². The fourth-order valence-electron chi connectivity index (χ4n) is 2.36. The van der Waals surface area contributed by atoms with Crippen LogP contribution in [0.4, 0.5) is 0 Å². The summed E-state index contributed by atoms with van der Waals surface area (Å²) < 4.78 is 4.07. The van der Waals surface area contributed by atoms with Crippen LogP contribution in [0.2, 0.25) is 0 Å². The predicted molar refractivity (Wildman–Crippen MR) is 93.4 cm³/mol. The molecule has 0 bridgehead atoms. The number of hydrogen-bond acceptors (Lipinski definition) is 2. The number of fused-ring (bicyclic) bond motifs is 1. The van der Waals surface area contributed by atoms with E-state index in [-0.39, 0.29) is 0 Å². The first kappa shape index (κ1) is 15.0. The second-order valence-corrected chi connectivity index (χ2v) is 6.94. The zero-order valence-electron chi connectivity index (χ0n) is 11.3. The van der Waals surface area contributed by atoms with E-state index in [4.69, 9.17) is 11.6 Å². The molecule has 3 aromatic rings. The quantitative estimate of drug-likeness (QED) is 0.547. The second-order valence-electron chi connectivity index (χ2n) is 4.73. The highest BCUT2D eigenvalue weighted by atomic mass is 79.9. The molecule has 0 amide bonds. The zero-order chi connectivity index (χ0) is 15.0. The average molecular weight is 430 g/mol. The summed E-state index contributed by atoms with van der Waals surface area (Å²) >= 11 is 12.9. The summed E-state index contributed by atoms with van der Waals surface area (Å²) in [7, 11) is 0. The van der Waals surface area contributed by atoms with Crippen LogP contribution in [0, 0.1) is 6.92 Å². The van der Waals surface area contributed by atoms with Crippen molar-refractivity contribution in [3.8, 4) is 5.69 Å². The van der Waals surface area contributed by atoms with E-state index in [1.807, 2.05) is 12.1 Å². The summed E-state index contributed by atoms with van der Waals surface area (Å²) in [5.41, 5.74) is 3.95. The summed E-state index contributed by atoms with van der Waals surface area (Å²) in [6, 6.07) is 8.16. The van der Waals surface area contributed by atoms with E-state index >= 15 is 0 Å². The summed E-state index contributed by atoms with van der Waals surface area (Å²) in [6.07, 6.45) is 2.49. The van der Waals surface area contributed by atoms with Crippen molar-refractivity contribution in [2.45, 2.75) is 13.3 Å². The van der Waals surface area contributed by atoms with E-state index in [2.05, 4.69) is 65.5 Å². The van der Waals surface area contributed by atoms with Gasteiger partial charge in [0.1, 0.15) is 11.3 Å². The lowest BCUT2D eigenvalue weighted by molar-refractivity contribution is 0.899. The molecular weight excluding hydrogens is 417 g/mol. The molecule has 3 rings (SSSR count). The van der Waals surface area contributed by atoms with E-state index in [9.17, 15) is 0 Å². The van der Waals surface area contributed by atoms with Gasteiger partial charge in [-0.15, -0.1) is 11.6 Å². The van der Waals surface area contributed by atoms with Crippen molar-refractivity contribution in [2.24, 2.45) is 0 Å². The van der Waals surface area contributed by atoms with Crippen molar-refractivity contribution in [3.63, 3.8) is 0 Å². The molecule has 2 heterocycles. The minimum absolute atomic E-state index is 0.528. The molecule has 2 aromatic heterocycles. The number of aryl methyl sites for hydroxylation is 2. The van der Waals surface area contributed by atoms with Gasteiger partial charge in [-0.05, 0) is 52.7 Å². The molecule has 21 heavy (non-hydrogen) atoms. The minimum atomic E-state index is 0.528. The first-order valence-electron chi connectivity index (χ1n) is 6.45. The van der Waals surface area contributed by atoms with Crippen LogP contribution >= 0.6 is 43.5 Å². The molecule has 3 nitrogen and oxygen atoms in total. The summed E-state index contributed by atoms with van der Waals surface area (Å²) in [5.74, 6) is 1.45. The van der Waals surface area contributed by atoms with E-state index in [0.29, 0.717) is 12.3 Å². The first-order chi connectivity index (χ1) is 10.1. The zero-order valence-corrected chi connectivity index (χ0v) is 15.2. The Bertz CT molecular complexity index is 814. The van der Waals surface area contributed by atoms with Crippen molar-refractivity contribution < 1.29 is 0 Å². The molecule has 0 atom stereocenters. The Morgan fingerprint density at radius 2 is 2.00 bits per heavy atom. The fraction of sp³-hybridized carbons (Fsp3) is 0.200. The van der Waals surface area contributed by atoms with Gasteiger partial charge >= 0.3 is 0 Å². The van der Waals surface area contributed by atoms with Crippen LogP contribution in [-0.2, 0) is 6.42 Å². The Labute approximate surface area is 144 Å². The smallest absolute Gasteiger partial charge is 0.164 e. The van der Waals surface area contributed by atoms with Crippen molar-refractivity contribution >= 4 is 54.6 Å². The van der Waals surface area contributed by atoms with Gasteiger partial charge < -0.3 is 0 Å². The standard InChI is InChI=1S/C15H12Br2ClN3/c1-9-6-10(16)2-3-13(9)21-14(4-5-18)20-12-7-11(17)8-19-15(12)21/h2-3,6-8H,4-5H2,1H3. The van der Waals surface area contributed by atoms with Gasteiger partial charge in [0.25, 0.3) is 0 Å². The fourth-order valence-corrected chi connectivity index (χ4v) is 3.33. The van der Waals surface area contributed by atoms with Gasteiger partial charge in [0.2, 0.25) is 0 Å². The van der Waals surface area contributed by atoms with Gasteiger partial charge in [0.15, 0.2) is 5.65 Å². The third-order valence-corrected chi connectivity index (χ3v) is 4.37. The summed E-state index contributed by atoms with van der Waals surface area (Å²) in [5, 5.41) is 0. The van der Waals surface area contributed by atoms with Crippen molar-refractivity contribution in [3.05, 3.63) is 50.8 Å². The highest BCUT2D eigenvalue weighted by molar-refractivity contribution is 9.10. The number of nitrogens with zero attached hydrogens (tertiary/aromatic N) is 3.